The largest absolute Gasteiger partial charge is 0.481 e. The van der Waals surface area contributed by atoms with Crippen LogP contribution in [-0.2, 0) is 0 Å². The molecule has 1 N–H and O–H groups in total. The first kappa shape index (κ1) is 14.7. The molecular weight excluding hydrogens is 298 g/mol. The predicted octanol–water partition coefficient (Wildman–Crippen LogP) is 2.24. The molecule has 0 atom stereocenters. The fourth-order valence-electron chi connectivity index (χ4n) is 1.47. The molecule has 0 saturated carbocycles. The number of carboxylic acid groups (broad SMARTS) is 1. The van der Waals surface area contributed by atoms with Gasteiger partial charge < -0.3 is 9.84 Å². The molecule has 0 radical (unpaired) electrons. The normalized spacial score (nSPS) is 10.1. The zero-order valence-corrected chi connectivity index (χ0v) is 11.5. The number of aromatic carboxylic acids is 1. The zero-order chi connectivity index (χ0) is 15.4. The van der Waals surface area contributed by atoms with Crippen LogP contribution in [0.4, 0.5) is 5.69 Å². The average molecular weight is 307 g/mol. The SMILES string of the molecule is COc1ccc([N+](=O)[O-])c(Sc2ncccc2C(=O)O)n1. The second-order valence-electron chi connectivity index (χ2n) is 3.70. The number of methoxy groups -OCH3 is 1. The van der Waals surface area contributed by atoms with Crippen LogP contribution in [0.25, 0.3) is 0 Å². The predicted molar refractivity (Wildman–Crippen MR) is 72.8 cm³/mol. The van der Waals surface area contributed by atoms with Crippen molar-refractivity contribution in [1.82, 2.24) is 9.97 Å². The van der Waals surface area contributed by atoms with Crippen molar-refractivity contribution in [3.05, 3.63) is 46.1 Å². The molecule has 2 aromatic rings. The second-order valence-corrected chi connectivity index (χ2v) is 4.68. The Morgan fingerprint density at radius 3 is 2.76 bits per heavy atom. The van der Waals surface area contributed by atoms with Crippen LogP contribution in [-0.4, -0.2) is 33.1 Å². The van der Waals surface area contributed by atoms with Crippen molar-refractivity contribution in [2.45, 2.75) is 10.1 Å². The van der Waals surface area contributed by atoms with Crippen molar-refractivity contribution in [3.8, 4) is 5.88 Å². The lowest BCUT2D eigenvalue weighted by Gasteiger charge is -2.06. The molecule has 0 aliphatic carbocycles. The molecular formula is C12H9N3O5S. The minimum absolute atomic E-state index is 0.0144. The third-order valence-corrected chi connectivity index (χ3v) is 3.43. The van der Waals surface area contributed by atoms with Gasteiger partial charge in [-0.2, -0.15) is 4.98 Å². The van der Waals surface area contributed by atoms with Crippen LogP contribution in [0, 0.1) is 10.1 Å². The van der Waals surface area contributed by atoms with Crippen LogP contribution < -0.4 is 4.74 Å². The number of carbonyl (C=O) groups is 1. The number of hydrogen-bond acceptors (Lipinski definition) is 7. The molecule has 9 heteroatoms. The Hall–Kier alpha value is -2.68. The highest BCUT2D eigenvalue weighted by molar-refractivity contribution is 7.99. The highest BCUT2D eigenvalue weighted by Gasteiger charge is 2.21. The fourth-order valence-corrected chi connectivity index (χ4v) is 2.42. The van der Waals surface area contributed by atoms with E-state index in [0.717, 1.165) is 11.8 Å². The van der Waals surface area contributed by atoms with Crippen LogP contribution in [0.5, 0.6) is 5.88 Å². The van der Waals surface area contributed by atoms with Crippen LogP contribution in [0.3, 0.4) is 0 Å². The summed E-state index contributed by atoms with van der Waals surface area (Å²) in [7, 11) is 1.38. The van der Waals surface area contributed by atoms with Crippen LogP contribution in [0.1, 0.15) is 10.4 Å². The van der Waals surface area contributed by atoms with Crippen LogP contribution in [0.2, 0.25) is 0 Å². The Labute approximate surface area is 123 Å². The maximum Gasteiger partial charge on any atom is 0.338 e. The minimum Gasteiger partial charge on any atom is -0.481 e. The maximum atomic E-state index is 11.1. The van der Waals surface area contributed by atoms with Gasteiger partial charge in [-0.1, -0.05) is 0 Å². The summed E-state index contributed by atoms with van der Waals surface area (Å²) in [5.41, 5.74) is -0.302. The molecule has 8 nitrogen and oxygen atoms in total. The van der Waals surface area contributed by atoms with Crippen molar-refractivity contribution >= 4 is 23.4 Å². The van der Waals surface area contributed by atoms with E-state index >= 15 is 0 Å². The van der Waals surface area contributed by atoms with Gasteiger partial charge in [0, 0.05) is 18.3 Å². The number of hydrogen-bond donors (Lipinski definition) is 1. The van der Waals surface area contributed by atoms with E-state index in [0.29, 0.717) is 0 Å². The Kier molecular flexibility index (Phi) is 4.33. The molecule has 108 valence electrons. The molecule has 2 heterocycles. The quantitative estimate of drug-likeness (QED) is 0.660. The topological polar surface area (TPSA) is 115 Å². The molecule has 0 aliphatic heterocycles. The maximum absolute atomic E-state index is 11.1. The monoisotopic (exact) mass is 307 g/mol. The van der Waals surface area contributed by atoms with Crippen molar-refractivity contribution in [1.29, 1.82) is 0 Å². The van der Waals surface area contributed by atoms with Crippen molar-refractivity contribution in [2.75, 3.05) is 7.11 Å². The molecule has 0 unspecified atom stereocenters. The summed E-state index contributed by atoms with van der Waals surface area (Å²) in [5.74, 6) is -0.980. The molecule has 21 heavy (non-hydrogen) atoms. The first-order chi connectivity index (χ1) is 10.0. The highest BCUT2D eigenvalue weighted by Crippen LogP contribution is 2.35. The number of carboxylic acids is 1. The van der Waals surface area contributed by atoms with E-state index in [-0.39, 0.29) is 27.2 Å². The summed E-state index contributed by atoms with van der Waals surface area (Å²) < 4.78 is 4.92. The molecule has 0 amide bonds. The molecule has 0 bridgehead atoms. The van der Waals surface area contributed by atoms with E-state index in [1.807, 2.05) is 0 Å². The lowest BCUT2D eigenvalue weighted by atomic mass is 10.3. The lowest BCUT2D eigenvalue weighted by Crippen LogP contribution is -2.01. The van der Waals surface area contributed by atoms with Crippen molar-refractivity contribution in [2.24, 2.45) is 0 Å². The highest BCUT2D eigenvalue weighted by atomic mass is 32.2. The van der Waals surface area contributed by atoms with Gasteiger partial charge in [0.2, 0.25) is 5.88 Å². The third-order valence-electron chi connectivity index (χ3n) is 2.42. The van der Waals surface area contributed by atoms with Gasteiger partial charge in [-0.15, -0.1) is 0 Å². The van der Waals surface area contributed by atoms with Gasteiger partial charge >= 0.3 is 11.7 Å². The standard InChI is InChI=1S/C12H9N3O5S/c1-20-9-5-4-8(15(18)19)11(14-9)21-10-7(12(16)17)3-2-6-13-10/h2-6H,1H3,(H,16,17). The van der Waals surface area contributed by atoms with Gasteiger partial charge in [0.25, 0.3) is 0 Å². The second kappa shape index (κ2) is 6.18. The summed E-state index contributed by atoms with van der Waals surface area (Å²) in [4.78, 5) is 29.4. The first-order valence-electron chi connectivity index (χ1n) is 5.58. The summed E-state index contributed by atoms with van der Waals surface area (Å²) in [6.07, 6.45) is 1.40. The number of nitrogens with zero attached hydrogens (tertiary/aromatic N) is 3. The Balaban J connectivity index is 2.48. The number of ether oxygens (including phenoxy) is 1. The number of pyridine rings is 2. The van der Waals surface area contributed by atoms with E-state index in [2.05, 4.69) is 9.97 Å². The smallest absolute Gasteiger partial charge is 0.338 e. The summed E-state index contributed by atoms with van der Waals surface area (Å²) >= 11 is 0.802. The van der Waals surface area contributed by atoms with E-state index in [1.54, 1.807) is 0 Å². The van der Waals surface area contributed by atoms with Crippen molar-refractivity contribution < 1.29 is 19.6 Å². The molecule has 0 saturated heterocycles. The third kappa shape index (κ3) is 3.26. The zero-order valence-electron chi connectivity index (χ0n) is 10.7. The molecule has 0 spiro atoms. The van der Waals surface area contributed by atoms with Gasteiger partial charge in [-0.05, 0) is 23.9 Å². The number of rotatable bonds is 5. The van der Waals surface area contributed by atoms with Crippen LogP contribution >= 0.6 is 11.8 Å². The summed E-state index contributed by atoms with van der Waals surface area (Å²) in [6, 6.07) is 5.45. The molecule has 0 aliphatic rings. The molecule has 0 fully saturated rings. The first-order valence-corrected chi connectivity index (χ1v) is 6.40. The van der Waals surface area contributed by atoms with Gasteiger partial charge in [0.1, 0.15) is 5.03 Å². The molecule has 0 aromatic carbocycles. The molecule has 2 aromatic heterocycles. The van der Waals surface area contributed by atoms with E-state index in [4.69, 9.17) is 9.84 Å². The Bertz CT molecular complexity index is 707. The lowest BCUT2D eigenvalue weighted by molar-refractivity contribution is -0.388. The minimum atomic E-state index is -1.17. The van der Waals surface area contributed by atoms with E-state index in [9.17, 15) is 14.9 Å². The summed E-state index contributed by atoms with van der Waals surface area (Å²) in [5, 5.41) is 20.2. The Morgan fingerprint density at radius 2 is 2.14 bits per heavy atom. The van der Waals surface area contributed by atoms with E-state index < -0.39 is 10.9 Å². The molecule has 2 rings (SSSR count). The van der Waals surface area contributed by atoms with Gasteiger partial charge in [-0.3, -0.25) is 10.1 Å². The summed E-state index contributed by atoms with van der Waals surface area (Å²) in [6.45, 7) is 0. The number of nitro groups is 1. The van der Waals surface area contributed by atoms with Crippen molar-refractivity contribution in [3.63, 3.8) is 0 Å². The van der Waals surface area contributed by atoms with Gasteiger partial charge in [-0.25, -0.2) is 9.78 Å². The Morgan fingerprint density at radius 1 is 1.38 bits per heavy atom. The van der Waals surface area contributed by atoms with Gasteiger partial charge in [0.15, 0.2) is 5.03 Å². The van der Waals surface area contributed by atoms with E-state index in [1.165, 1.54) is 37.6 Å². The van der Waals surface area contributed by atoms with Crippen LogP contribution in [0.15, 0.2) is 40.5 Å². The number of aromatic nitrogens is 2. The average Bonchev–Trinajstić information content (AvgIpc) is 2.47. The van der Waals surface area contributed by atoms with Gasteiger partial charge in [0.05, 0.1) is 17.6 Å². The fraction of sp³-hybridized carbons (Fsp3) is 0.0833.